The van der Waals surface area contributed by atoms with E-state index in [1.165, 1.54) is 12.1 Å². The van der Waals surface area contributed by atoms with Crippen LogP contribution < -0.4 is 9.78 Å². The summed E-state index contributed by atoms with van der Waals surface area (Å²) in [7, 11) is 0. The Morgan fingerprint density at radius 3 is 2.28 bits per heavy atom. The number of carbonyl (C=O) groups is 1. The standard InChI is InChI=1S/C13H11NO3Se/c15-13(14-10-6-2-1-3-7-10)11-8-4-5-9-12(11)18(16)17/h1-9H,(H,14,15)(H,16,17). The number of carbonyl (C=O) groups excluding carboxylic acids is 1. The SMILES string of the molecule is O=C(Nc1ccccc1)c1ccccc1[Se](=O)O. The van der Waals surface area contributed by atoms with Crippen molar-refractivity contribution >= 4 is 30.2 Å². The third kappa shape index (κ3) is 2.90. The minimum absolute atomic E-state index is 0.200. The van der Waals surface area contributed by atoms with E-state index in [0.29, 0.717) is 5.69 Å². The van der Waals surface area contributed by atoms with Gasteiger partial charge in [0.2, 0.25) is 0 Å². The van der Waals surface area contributed by atoms with E-state index in [-0.39, 0.29) is 15.9 Å². The first-order chi connectivity index (χ1) is 8.68. The van der Waals surface area contributed by atoms with Crippen LogP contribution in [0, 0.1) is 0 Å². The molecule has 0 saturated carbocycles. The number of anilines is 1. The van der Waals surface area contributed by atoms with Gasteiger partial charge in [-0.1, -0.05) is 0 Å². The van der Waals surface area contributed by atoms with Crippen molar-refractivity contribution in [3.05, 3.63) is 60.2 Å². The fraction of sp³-hybridized carbons (Fsp3) is 0. The predicted octanol–water partition coefficient (Wildman–Crippen LogP) is 1.06. The zero-order valence-corrected chi connectivity index (χ0v) is 11.1. The van der Waals surface area contributed by atoms with E-state index >= 15 is 0 Å². The maximum absolute atomic E-state index is 12.0. The van der Waals surface area contributed by atoms with Crippen LogP contribution >= 0.6 is 0 Å². The van der Waals surface area contributed by atoms with Gasteiger partial charge in [0.15, 0.2) is 0 Å². The first-order valence-corrected chi connectivity index (χ1v) is 7.57. The van der Waals surface area contributed by atoms with Crippen molar-refractivity contribution < 1.29 is 12.8 Å². The molecule has 0 aliphatic rings. The molecule has 0 fully saturated rings. The summed E-state index contributed by atoms with van der Waals surface area (Å²) in [5.74, 6) is -0.379. The number of nitrogens with one attached hydrogen (secondary N) is 1. The summed E-state index contributed by atoms with van der Waals surface area (Å²) in [5.41, 5.74) is 0.890. The third-order valence-corrected chi connectivity index (χ3v) is 3.89. The number of rotatable bonds is 3. The van der Waals surface area contributed by atoms with Crippen molar-refractivity contribution in [2.45, 2.75) is 0 Å². The van der Waals surface area contributed by atoms with Crippen molar-refractivity contribution in [2.24, 2.45) is 0 Å². The van der Waals surface area contributed by atoms with Crippen LogP contribution in [0.4, 0.5) is 5.69 Å². The number of amides is 1. The van der Waals surface area contributed by atoms with E-state index < -0.39 is 14.2 Å². The van der Waals surface area contributed by atoms with Gasteiger partial charge in [0.25, 0.3) is 0 Å². The van der Waals surface area contributed by atoms with Gasteiger partial charge in [-0.05, 0) is 0 Å². The van der Waals surface area contributed by atoms with Crippen molar-refractivity contribution in [3.63, 3.8) is 0 Å². The monoisotopic (exact) mass is 309 g/mol. The molecule has 0 aliphatic carbocycles. The first kappa shape index (κ1) is 12.6. The topological polar surface area (TPSA) is 66.4 Å². The molecule has 2 aromatic rings. The Labute approximate surface area is 109 Å². The van der Waals surface area contributed by atoms with Crippen molar-refractivity contribution in [3.8, 4) is 0 Å². The molecule has 0 heterocycles. The molecule has 4 nitrogen and oxygen atoms in total. The average Bonchev–Trinajstić information content (AvgIpc) is 2.40. The molecule has 0 aromatic heterocycles. The van der Waals surface area contributed by atoms with Crippen LogP contribution in [0.15, 0.2) is 54.6 Å². The molecule has 5 heteroatoms. The molecule has 0 bridgehead atoms. The van der Waals surface area contributed by atoms with E-state index in [1.807, 2.05) is 6.07 Å². The molecule has 1 unspecified atom stereocenters. The molecule has 18 heavy (non-hydrogen) atoms. The van der Waals surface area contributed by atoms with Crippen LogP contribution in [0.25, 0.3) is 0 Å². The molecule has 2 N–H and O–H groups in total. The molecule has 2 aromatic carbocycles. The Hall–Kier alpha value is -1.81. The third-order valence-electron chi connectivity index (χ3n) is 2.35. The van der Waals surface area contributed by atoms with Crippen LogP contribution in [0.2, 0.25) is 0 Å². The Bertz CT molecular complexity index is 584. The van der Waals surface area contributed by atoms with Crippen molar-refractivity contribution in [2.75, 3.05) is 5.32 Å². The summed E-state index contributed by atoms with van der Waals surface area (Å²) < 4.78 is 20.6. The van der Waals surface area contributed by atoms with Crippen molar-refractivity contribution in [1.82, 2.24) is 0 Å². The second-order valence-electron chi connectivity index (χ2n) is 3.57. The van der Waals surface area contributed by atoms with Gasteiger partial charge in [-0.3, -0.25) is 0 Å². The number of benzene rings is 2. The van der Waals surface area contributed by atoms with E-state index in [1.54, 1.807) is 36.4 Å². The van der Waals surface area contributed by atoms with Gasteiger partial charge in [-0.25, -0.2) is 0 Å². The molecule has 0 aliphatic heterocycles. The van der Waals surface area contributed by atoms with E-state index in [2.05, 4.69) is 5.32 Å². The molecule has 2 rings (SSSR count). The number of hydrogen-bond acceptors (Lipinski definition) is 2. The normalized spacial score (nSPS) is 11.8. The average molecular weight is 308 g/mol. The molecule has 1 atom stereocenters. The van der Waals surface area contributed by atoms with Gasteiger partial charge in [-0.15, -0.1) is 0 Å². The molecule has 92 valence electrons. The van der Waals surface area contributed by atoms with E-state index in [9.17, 15) is 12.8 Å². The van der Waals surface area contributed by atoms with Crippen LogP contribution in [0.5, 0.6) is 0 Å². The van der Waals surface area contributed by atoms with E-state index in [4.69, 9.17) is 0 Å². The molecule has 1 amide bonds. The summed E-state index contributed by atoms with van der Waals surface area (Å²) in [6, 6.07) is 15.3. The van der Waals surface area contributed by atoms with Gasteiger partial charge >= 0.3 is 109 Å². The van der Waals surface area contributed by atoms with Gasteiger partial charge < -0.3 is 0 Å². The van der Waals surface area contributed by atoms with Crippen LogP contribution in [-0.4, -0.2) is 24.3 Å². The van der Waals surface area contributed by atoms with Crippen LogP contribution in [0.3, 0.4) is 0 Å². The van der Waals surface area contributed by atoms with Crippen molar-refractivity contribution in [1.29, 1.82) is 0 Å². The fourth-order valence-electron chi connectivity index (χ4n) is 1.53. The Morgan fingerprint density at radius 2 is 1.61 bits per heavy atom. The fourth-order valence-corrected chi connectivity index (χ4v) is 2.67. The minimum atomic E-state index is -3.11. The zero-order valence-electron chi connectivity index (χ0n) is 9.37. The van der Waals surface area contributed by atoms with E-state index in [0.717, 1.165) is 0 Å². The maximum atomic E-state index is 12.0. The predicted molar refractivity (Wildman–Crippen MR) is 69.1 cm³/mol. The molecule has 0 radical (unpaired) electrons. The Balaban J connectivity index is 2.27. The summed E-state index contributed by atoms with van der Waals surface area (Å²) in [5, 5.41) is 2.68. The summed E-state index contributed by atoms with van der Waals surface area (Å²) >= 11 is -3.11. The van der Waals surface area contributed by atoms with Gasteiger partial charge in [0, 0.05) is 0 Å². The molecule has 0 saturated heterocycles. The summed E-state index contributed by atoms with van der Waals surface area (Å²) in [6.07, 6.45) is 0. The second kappa shape index (κ2) is 5.69. The Kier molecular flexibility index (Phi) is 3.99. The quantitative estimate of drug-likeness (QED) is 0.833. The van der Waals surface area contributed by atoms with Gasteiger partial charge in [0.1, 0.15) is 0 Å². The summed E-state index contributed by atoms with van der Waals surface area (Å²) in [4.78, 5) is 12.0. The first-order valence-electron chi connectivity index (χ1n) is 5.25. The Morgan fingerprint density at radius 1 is 1.00 bits per heavy atom. The van der Waals surface area contributed by atoms with Crippen LogP contribution in [-0.2, 0) is 3.83 Å². The molecular formula is C13H11NO3Se. The van der Waals surface area contributed by atoms with Gasteiger partial charge in [-0.2, -0.15) is 0 Å². The van der Waals surface area contributed by atoms with Crippen LogP contribution in [0.1, 0.15) is 10.4 Å². The van der Waals surface area contributed by atoms with Gasteiger partial charge in [0.05, 0.1) is 0 Å². The number of hydrogen-bond donors (Lipinski definition) is 2. The second-order valence-corrected chi connectivity index (χ2v) is 5.53. The zero-order chi connectivity index (χ0) is 13.0. The molecular weight excluding hydrogens is 297 g/mol. The number of para-hydroxylation sites is 1. The summed E-state index contributed by atoms with van der Waals surface area (Å²) in [6.45, 7) is 0. The molecule has 0 spiro atoms.